The highest BCUT2D eigenvalue weighted by Gasteiger charge is 2.08. The van der Waals surface area contributed by atoms with Crippen LogP contribution in [0.4, 0.5) is 10.8 Å². The van der Waals surface area contributed by atoms with E-state index in [0.29, 0.717) is 27.3 Å². The molecule has 1 aromatic heterocycles. The van der Waals surface area contributed by atoms with E-state index < -0.39 is 5.97 Å². The van der Waals surface area contributed by atoms with Crippen LogP contribution in [0, 0.1) is 6.92 Å². The number of nitrogens with one attached hydrogen (secondary N) is 1. The predicted molar refractivity (Wildman–Crippen MR) is 82.6 cm³/mol. The van der Waals surface area contributed by atoms with Gasteiger partial charge in [0.15, 0.2) is 5.13 Å². The summed E-state index contributed by atoms with van der Waals surface area (Å²) in [4.78, 5) is 14.8. The van der Waals surface area contributed by atoms with E-state index in [9.17, 15) is 4.79 Å². The number of hydrogen-bond acceptors (Lipinski definition) is 4. The number of aryl methyl sites for hydroxylation is 2. The Morgan fingerprint density at radius 3 is 2.85 bits per heavy atom. The maximum Gasteiger partial charge on any atom is 0.303 e. The van der Waals surface area contributed by atoms with E-state index in [1.54, 1.807) is 12.1 Å². The lowest BCUT2D eigenvalue weighted by Gasteiger charge is -2.07. The molecule has 0 unspecified atom stereocenters. The van der Waals surface area contributed by atoms with Gasteiger partial charge in [-0.2, -0.15) is 0 Å². The fourth-order valence-electron chi connectivity index (χ4n) is 1.57. The SMILES string of the molecule is Cc1cc(Cl)c(Nc2nc(CCC(=O)O)cs2)cc1Cl. The molecule has 0 fully saturated rings. The first-order chi connectivity index (χ1) is 9.45. The lowest BCUT2D eigenvalue weighted by Crippen LogP contribution is -1.98. The molecule has 0 bridgehead atoms. The third-order valence-corrected chi connectivity index (χ3v) is 4.16. The molecule has 0 saturated carbocycles. The number of benzene rings is 1. The highest BCUT2D eigenvalue weighted by molar-refractivity contribution is 7.13. The standard InChI is InChI=1S/C13H12Cl2N2O2S/c1-7-4-10(15)11(5-9(7)14)17-13-16-8(6-20-13)2-3-12(18)19/h4-6H,2-3H2,1H3,(H,16,17)(H,18,19). The van der Waals surface area contributed by atoms with Crippen molar-refractivity contribution in [2.24, 2.45) is 0 Å². The van der Waals surface area contributed by atoms with Gasteiger partial charge in [0, 0.05) is 16.8 Å². The first-order valence-corrected chi connectivity index (χ1v) is 7.48. The van der Waals surface area contributed by atoms with Gasteiger partial charge < -0.3 is 10.4 Å². The van der Waals surface area contributed by atoms with Gasteiger partial charge in [0.1, 0.15) is 0 Å². The number of carboxylic acids is 1. The van der Waals surface area contributed by atoms with Crippen LogP contribution in [0.15, 0.2) is 17.5 Å². The molecule has 4 nitrogen and oxygen atoms in total. The highest BCUT2D eigenvalue weighted by atomic mass is 35.5. The van der Waals surface area contributed by atoms with Crippen LogP contribution in [0.25, 0.3) is 0 Å². The van der Waals surface area contributed by atoms with Crippen LogP contribution in [0.2, 0.25) is 10.0 Å². The average Bonchev–Trinajstić information content (AvgIpc) is 2.81. The van der Waals surface area contributed by atoms with Crippen molar-refractivity contribution in [2.45, 2.75) is 19.8 Å². The molecular weight excluding hydrogens is 319 g/mol. The van der Waals surface area contributed by atoms with E-state index in [-0.39, 0.29) is 6.42 Å². The van der Waals surface area contributed by atoms with Crippen molar-refractivity contribution in [2.75, 3.05) is 5.32 Å². The second-order valence-electron chi connectivity index (χ2n) is 4.24. The second-order valence-corrected chi connectivity index (χ2v) is 5.92. The van der Waals surface area contributed by atoms with Crippen LogP contribution in [-0.4, -0.2) is 16.1 Å². The molecule has 2 rings (SSSR count). The molecule has 0 amide bonds. The van der Waals surface area contributed by atoms with E-state index in [0.717, 1.165) is 11.3 Å². The van der Waals surface area contributed by atoms with Gasteiger partial charge in [0.05, 0.1) is 22.8 Å². The Morgan fingerprint density at radius 1 is 1.40 bits per heavy atom. The van der Waals surface area contributed by atoms with Crippen molar-refractivity contribution in [1.82, 2.24) is 4.98 Å². The first-order valence-electron chi connectivity index (χ1n) is 5.84. The molecule has 0 saturated heterocycles. The van der Waals surface area contributed by atoms with Gasteiger partial charge in [-0.25, -0.2) is 4.98 Å². The third kappa shape index (κ3) is 3.85. The number of nitrogens with zero attached hydrogens (tertiary/aromatic N) is 1. The Balaban J connectivity index is 2.10. The van der Waals surface area contributed by atoms with E-state index in [1.807, 2.05) is 12.3 Å². The molecule has 2 aromatic rings. The highest BCUT2D eigenvalue weighted by Crippen LogP contribution is 2.32. The molecule has 0 aliphatic rings. The molecule has 1 aromatic carbocycles. The normalized spacial score (nSPS) is 10.6. The van der Waals surface area contributed by atoms with Gasteiger partial charge in [0.25, 0.3) is 0 Å². The molecule has 0 aliphatic heterocycles. The number of carboxylic acid groups (broad SMARTS) is 1. The molecule has 106 valence electrons. The molecule has 0 atom stereocenters. The molecule has 0 aliphatic carbocycles. The molecule has 7 heteroatoms. The topological polar surface area (TPSA) is 62.2 Å². The number of hydrogen-bond donors (Lipinski definition) is 2. The maximum absolute atomic E-state index is 10.5. The molecule has 0 spiro atoms. The summed E-state index contributed by atoms with van der Waals surface area (Å²) in [6.45, 7) is 1.88. The number of aromatic nitrogens is 1. The summed E-state index contributed by atoms with van der Waals surface area (Å²) in [5, 5.41) is 15.4. The Hall–Kier alpha value is -1.30. The molecule has 20 heavy (non-hydrogen) atoms. The number of rotatable bonds is 5. The third-order valence-electron chi connectivity index (χ3n) is 2.64. The predicted octanol–water partition coefficient (Wildman–Crippen LogP) is 4.52. The van der Waals surface area contributed by atoms with Crippen LogP contribution < -0.4 is 5.32 Å². The summed E-state index contributed by atoms with van der Waals surface area (Å²) in [6, 6.07) is 3.53. The summed E-state index contributed by atoms with van der Waals surface area (Å²) in [7, 11) is 0. The lowest BCUT2D eigenvalue weighted by atomic mass is 10.2. The maximum atomic E-state index is 10.5. The van der Waals surface area contributed by atoms with Gasteiger partial charge in [-0.15, -0.1) is 11.3 Å². The van der Waals surface area contributed by atoms with Crippen LogP contribution in [0.5, 0.6) is 0 Å². The summed E-state index contributed by atoms with van der Waals surface area (Å²) in [6.07, 6.45) is 0.482. The van der Waals surface area contributed by atoms with Gasteiger partial charge in [-0.3, -0.25) is 4.79 Å². The zero-order chi connectivity index (χ0) is 14.7. The van der Waals surface area contributed by atoms with Crippen molar-refractivity contribution >= 4 is 51.3 Å². The number of anilines is 2. The van der Waals surface area contributed by atoms with Crippen molar-refractivity contribution in [3.63, 3.8) is 0 Å². The lowest BCUT2D eigenvalue weighted by molar-refractivity contribution is -0.136. The Morgan fingerprint density at radius 2 is 2.15 bits per heavy atom. The van der Waals surface area contributed by atoms with Gasteiger partial charge in [-0.1, -0.05) is 23.2 Å². The number of thiazole rings is 1. The van der Waals surface area contributed by atoms with E-state index in [2.05, 4.69) is 10.3 Å². The zero-order valence-electron chi connectivity index (χ0n) is 10.6. The molecule has 2 N–H and O–H groups in total. The van der Waals surface area contributed by atoms with Crippen molar-refractivity contribution in [1.29, 1.82) is 0 Å². The van der Waals surface area contributed by atoms with E-state index in [1.165, 1.54) is 11.3 Å². The van der Waals surface area contributed by atoms with E-state index in [4.69, 9.17) is 28.3 Å². The summed E-state index contributed by atoms with van der Waals surface area (Å²) >= 11 is 13.6. The van der Waals surface area contributed by atoms with Crippen LogP contribution in [-0.2, 0) is 11.2 Å². The first kappa shape index (κ1) is 15.1. The Bertz CT molecular complexity index is 643. The number of aliphatic carboxylic acids is 1. The van der Waals surface area contributed by atoms with Gasteiger partial charge in [0.2, 0.25) is 0 Å². The molecule has 1 heterocycles. The number of halogens is 2. The van der Waals surface area contributed by atoms with Crippen molar-refractivity contribution in [3.8, 4) is 0 Å². The fourth-order valence-corrected chi connectivity index (χ4v) is 2.76. The number of carbonyl (C=O) groups is 1. The van der Waals surface area contributed by atoms with Crippen molar-refractivity contribution in [3.05, 3.63) is 38.8 Å². The smallest absolute Gasteiger partial charge is 0.303 e. The van der Waals surface area contributed by atoms with Crippen molar-refractivity contribution < 1.29 is 9.90 Å². The summed E-state index contributed by atoms with van der Waals surface area (Å²) < 4.78 is 0. The minimum absolute atomic E-state index is 0.0697. The Labute approximate surface area is 130 Å². The average molecular weight is 331 g/mol. The zero-order valence-corrected chi connectivity index (χ0v) is 12.9. The largest absolute Gasteiger partial charge is 0.481 e. The van der Waals surface area contributed by atoms with Gasteiger partial charge in [-0.05, 0) is 24.6 Å². The summed E-state index contributed by atoms with van der Waals surface area (Å²) in [5.74, 6) is -0.833. The van der Waals surface area contributed by atoms with E-state index >= 15 is 0 Å². The Kier molecular flexibility index (Phi) is 4.86. The molecule has 0 radical (unpaired) electrons. The van der Waals surface area contributed by atoms with Crippen LogP contribution >= 0.6 is 34.5 Å². The summed E-state index contributed by atoms with van der Waals surface area (Å²) in [5.41, 5.74) is 2.33. The fraction of sp³-hybridized carbons (Fsp3) is 0.231. The van der Waals surface area contributed by atoms with Crippen LogP contribution in [0.1, 0.15) is 17.7 Å². The minimum Gasteiger partial charge on any atom is -0.481 e. The quantitative estimate of drug-likeness (QED) is 0.846. The second kappa shape index (κ2) is 6.43. The minimum atomic E-state index is -0.833. The molecular formula is C13H12Cl2N2O2S. The van der Waals surface area contributed by atoms with Gasteiger partial charge >= 0.3 is 5.97 Å². The monoisotopic (exact) mass is 330 g/mol. The van der Waals surface area contributed by atoms with Crippen LogP contribution in [0.3, 0.4) is 0 Å².